The molecule has 1 aromatic heterocycles. The van der Waals surface area contributed by atoms with Gasteiger partial charge in [-0.1, -0.05) is 13.0 Å². The Morgan fingerprint density at radius 2 is 2.12 bits per heavy atom. The molecule has 26 heavy (non-hydrogen) atoms. The van der Waals surface area contributed by atoms with Crippen LogP contribution < -0.4 is 5.32 Å². The summed E-state index contributed by atoms with van der Waals surface area (Å²) in [6, 6.07) is 5.83. The summed E-state index contributed by atoms with van der Waals surface area (Å²) in [5.74, 6) is -0.169. The molecule has 138 valence electrons. The first-order valence-corrected chi connectivity index (χ1v) is 9.70. The number of aromatic nitrogens is 1. The fourth-order valence-electron chi connectivity index (χ4n) is 3.04. The standard InChI is InChI=1S/C19H22FN3O2S/c1-2-17(24)21-11-16-12-26-18(22-16)13-6-8-23(9-7-13)19(25)14-4-3-5-15(20)10-14/h3-5,10,12-13H,2,6-9,11H2,1H3,(H,21,24). The largest absolute Gasteiger partial charge is 0.350 e. The zero-order valence-electron chi connectivity index (χ0n) is 14.7. The summed E-state index contributed by atoms with van der Waals surface area (Å²) in [5, 5.41) is 5.87. The Morgan fingerprint density at radius 3 is 2.81 bits per heavy atom. The van der Waals surface area contributed by atoms with Crippen LogP contribution >= 0.6 is 11.3 Å². The SMILES string of the molecule is CCC(=O)NCc1csc(C2CCN(C(=O)c3cccc(F)c3)CC2)n1. The molecule has 2 amide bonds. The van der Waals surface area contributed by atoms with Gasteiger partial charge in [0.15, 0.2) is 0 Å². The maximum Gasteiger partial charge on any atom is 0.253 e. The molecule has 0 unspecified atom stereocenters. The number of rotatable bonds is 5. The van der Waals surface area contributed by atoms with Crippen molar-refractivity contribution in [3.05, 3.63) is 51.7 Å². The summed E-state index contributed by atoms with van der Waals surface area (Å²) in [4.78, 5) is 30.2. The van der Waals surface area contributed by atoms with Crippen LogP contribution in [0.15, 0.2) is 29.6 Å². The van der Waals surface area contributed by atoms with E-state index in [2.05, 4.69) is 10.3 Å². The molecule has 0 radical (unpaired) electrons. The number of hydrogen-bond donors (Lipinski definition) is 1. The summed E-state index contributed by atoms with van der Waals surface area (Å²) in [5.41, 5.74) is 1.27. The summed E-state index contributed by atoms with van der Waals surface area (Å²) < 4.78 is 13.3. The number of thiazole rings is 1. The average molecular weight is 375 g/mol. The zero-order valence-corrected chi connectivity index (χ0v) is 15.5. The molecule has 0 atom stereocenters. The third kappa shape index (κ3) is 4.46. The van der Waals surface area contributed by atoms with Gasteiger partial charge in [-0.05, 0) is 31.0 Å². The van der Waals surface area contributed by atoms with Gasteiger partial charge in [-0.3, -0.25) is 9.59 Å². The molecule has 0 spiro atoms. The van der Waals surface area contributed by atoms with E-state index in [0.717, 1.165) is 23.5 Å². The van der Waals surface area contributed by atoms with Gasteiger partial charge in [0, 0.05) is 36.4 Å². The highest BCUT2D eigenvalue weighted by Gasteiger charge is 2.26. The van der Waals surface area contributed by atoms with Crippen LogP contribution in [0.1, 0.15) is 53.2 Å². The quantitative estimate of drug-likeness (QED) is 0.872. The molecule has 2 aromatic rings. The number of nitrogens with zero attached hydrogens (tertiary/aromatic N) is 2. The van der Waals surface area contributed by atoms with E-state index in [4.69, 9.17) is 0 Å². The van der Waals surface area contributed by atoms with Crippen molar-refractivity contribution in [2.24, 2.45) is 0 Å². The Kier molecular flexibility index (Phi) is 5.98. The summed E-state index contributed by atoms with van der Waals surface area (Å²) in [7, 11) is 0. The van der Waals surface area contributed by atoms with Crippen LogP contribution in [-0.2, 0) is 11.3 Å². The highest BCUT2D eigenvalue weighted by Crippen LogP contribution is 2.30. The van der Waals surface area contributed by atoms with Crippen molar-refractivity contribution in [3.8, 4) is 0 Å². The molecule has 1 aliphatic heterocycles. The molecule has 1 fully saturated rings. The first-order chi connectivity index (χ1) is 12.6. The second kappa shape index (κ2) is 8.40. The van der Waals surface area contributed by atoms with Gasteiger partial charge in [-0.15, -0.1) is 11.3 Å². The van der Waals surface area contributed by atoms with Crippen LogP contribution in [0.25, 0.3) is 0 Å². The Labute approximate surface area is 156 Å². The highest BCUT2D eigenvalue weighted by atomic mass is 32.1. The molecule has 1 N–H and O–H groups in total. The second-order valence-electron chi connectivity index (χ2n) is 6.38. The van der Waals surface area contributed by atoms with Gasteiger partial charge >= 0.3 is 0 Å². The fourth-order valence-corrected chi connectivity index (χ4v) is 4.03. The van der Waals surface area contributed by atoms with Crippen molar-refractivity contribution in [2.75, 3.05) is 13.1 Å². The predicted octanol–water partition coefficient (Wildman–Crippen LogP) is 3.33. The van der Waals surface area contributed by atoms with Crippen LogP contribution in [0.5, 0.6) is 0 Å². The van der Waals surface area contributed by atoms with Crippen molar-refractivity contribution in [3.63, 3.8) is 0 Å². The van der Waals surface area contributed by atoms with E-state index in [1.807, 2.05) is 12.3 Å². The Morgan fingerprint density at radius 1 is 1.35 bits per heavy atom. The van der Waals surface area contributed by atoms with Crippen molar-refractivity contribution in [2.45, 2.75) is 38.6 Å². The highest BCUT2D eigenvalue weighted by molar-refractivity contribution is 7.09. The number of benzene rings is 1. The van der Waals surface area contributed by atoms with Crippen molar-refractivity contribution in [1.29, 1.82) is 0 Å². The normalized spacial score (nSPS) is 15.1. The van der Waals surface area contributed by atoms with Gasteiger partial charge in [0.2, 0.25) is 5.91 Å². The first-order valence-electron chi connectivity index (χ1n) is 8.82. The topological polar surface area (TPSA) is 62.3 Å². The number of hydrogen-bond acceptors (Lipinski definition) is 4. The van der Waals surface area contributed by atoms with E-state index >= 15 is 0 Å². The van der Waals surface area contributed by atoms with Crippen molar-refractivity contribution < 1.29 is 14.0 Å². The molecule has 1 aromatic carbocycles. The Hall–Kier alpha value is -2.28. The molecule has 0 aliphatic carbocycles. The van der Waals surface area contributed by atoms with E-state index in [9.17, 15) is 14.0 Å². The average Bonchev–Trinajstić information content (AvgIpc) is 3.14. The molecule has 5 nitrogen and oxygen atoms in total. The number of halogens is 1. The van der Waals surface area contributed by atoms with E-state index in [1.54, 1.807) is 28.4 Å². The van der Waals surface area contributed by atoms with Gasteiger partial charge in [-0.25, -0.2) is 9.37 Å². The number of carbonyl (C=O) groups is 2. The van der Waals surface area contributed by atoms with Crippen LogP contribution in [0.2, 0.25) is 0 Å². The third-order valence-electron chi connectivity index (χ3n) is 4.56. The minimum absolute atomic E-state index is 0.0173. The summed E-state index contributed by atoms with van der Waals surface area (Å²) >= 11 is 1.61. The van der Waals surface area contributed by atoms with Gasteiger partial charge < -0.3 is 10.2 Å². The maximum absolute atomic E-state index is 13.3. The second-order valence-corrected chi connectivity index (χ2v) is 7.27. The predicted molar refractivity (Wildman–Crippen MR) is 98.5 cm³/mol. The van der Waals surface area contributed by atoms with E-state index in [0.29, 0.717) is 37.5 Å². The van der Waals surface area contributed by atoms with Crippen LogP contribution in [0.4, 0.5) is 4.39 Å². The fraction of sp³-hybridized carbons (Fsp3) is 0.421. The molecular formula is C19H22FN3O2S. The summed E-state index contributed by atoms with van der Waals surface area (Å²) in [6.45, 7) is 3.56. The first kappa shape index (κ1) is 18.5. The van der Waals surface area contributed by atoms with Crippen molar-refractivity contribution in [1.82, 2.24) is 15.2 Å². The number of nitrogens with one attached hydrogen (secondary N) is 1. The van der Waals surface area contributed by atoms with Crippen LogP contribution in [-0.4, -0.2) is 34.8 Å². The molecule has 1 saturated heterocycles. The van der Waals surface area contributed by atoms with Crippen molar-refractivity contribution >= 4 is 23.2 Å². The molecule has 2 heterocycles. The maximum atomic E-state index is 13.3. The molecule has 7 heteroatoms. The van der Waals surface area contributed by atoms with Gasteiger partial charge in [0.05, 0.1) is 17.2 Å². The third-order valence-corrected chi connectivity index (χ3v) is 5.62. The minimum Gasteiger partial charge on any atom is -0.350 e. The number of piperidine rings is 1. The molecule has 0 saturated carbocycles. The monoisotopic (exact) mass is 375 g/mol. The minimum atomic E-state index is -0.392. The lowest BCUT2D eigenvalue weighted by atomic mass is 9.97. The van der Waals surface area contributed by atoms with E-state index in [-0.39, 0.29) is 11.8 Å². The smallest absolute Gasteiger partial charge is 0.253 e. The van der Waals surface area contributed by atoms with Crippen LogP contribution in [0.3, 0.4) is 0 Å². The van der Waals surface area contributed by atoms with E-state index < -0.39 is 5.82 Å². The molecule has 1 aliphatic rings. The Balaban J connectivity index is 1.54. The van der Waals surface area contributed by atoms with Gasteiger partial charge in [0.1, 0.15) is 5.82 Å². The van der Waals surface area contributed by atoms with Crippen LogP contribution in [0, 0.1) is 5.82 Å². The van der Waals surface area contributed by atoms with Gasteiger partial charge in [0.25, 0.3) is 5.91 Å². The number of amides is 2. The molecule has 3 rings (SSSR count). The van der Waals surface area contributed by atoms with Gasteiger partial charge in [-0.2, -0.15) is 0 Å². The summed E-state index contributed by atoms with van der Waals surface area (Å²) in [6.07, 6.45) is 2.15. The Bertz CT molecular complexity index is 785. The van der Waals surface area contributed by atoms with E-state index in [1.165, 1.54) is 12.1 Å². The zero-order chi connectivity index (χ0) is 18.5. The number of likely N-dealkylation sites (tertiary alicyclic amines) is 1. The lowest BCUT2D eigenvalue weighted by Gasteiger charge is -2.31. The molecular weight excluding hydrogens is 353 g/mol. The lowest BCUT2D eigenvalue weighted by molar-refractivity contribution is -0.120. The lowest BCUT2D eigenvalue weighted by Crippen LogP contribution is -2.37. The number of carbonyl (C=O) groups excluding carboxylic acids is 2. The molecule has 0 bridgehead atoms.